The van der Waals surface area contributed by atoms with Gasteiger partial charge in [-0.2, -0.15) is 5.10 Å². The van der Waals surface area contributed by atoms with E-state index in [4.69, 9.17) is 0 Å². The minimum Gasteiger partial charge on any atom is -0.387 e. The van der Waals surface area contributed by atoms with Crippen LogP contribution < -0.4 is 10.6 Å². The Kier molecular flexibility index (Phi) is 8.02. The van der Waals surface area contributed by atoms with E-state index in [1.807, 2.05) is 29.1 Å². The molecule has 1 aliphatic heterocycles. The van der Waals surface area contributed by atoms with E-state index in [2.05, 4.69) is 34.1 Å². The molecule has 7 heteroatoms. The summed E-state index contributed by atoms with van der Waals surface area (Å²) in [6, 6.07) is 10.3. The van der Waals surface area contributed by atoms with Crippen molar-refractivity contribution in [3.05, 3.63) is 53.9 Å². The van der Waals surface area contributed by atoms with Crippen molar-refractivity contribution in [3.63, 3.8) is 0 Å². The molecule has 5 nitrogen and oxygen atoms in total. The summed E-state index contributed by atoms with van der Waals surface area (Å²) in [4.78, 5) is 0. The third-order valence-electron chi connectivity index (χ3n) is 3.88. The molecule has 1 aliphatic rings. The van der Waals surface area contributed by atoms with Crippen LogP contribution in [0.4, 0.5) is 0 Å². The largest absolute Gasteiger partial charge is 0.387 e. The SMILES string of the molecule is Cl.Cl.OC1(CNCc2cnn(Cc3ccccc3)c2)CCNC1. The van der Waals surface area contributed by atoms with Crippen molar-refractivity contribution >= 4 is 24.8 Å². The molecule has 128 valence electrons. The maximum absolute atomic E-state index is 10.2. The van der Waals surface area contributed by atoms with Crippen molar-refractivity contribution in [1.29, 1.82) is 0 Å². The summed E-state index contributed by atoms with van der Waals surface area (Å²) < 4.78 is 1.94. The van der Waals surface area contributed by atoms with Crippen LogP contribution in [0, 0.1) is 0 Å². The second-order valence-corrected chi connectivity index (χ2v) is 5.79. The first-order chi connectivity index (χ1) is 10.2. The molecule has 1 atom stereocenters. The molecule has 3 rings (SSSR count). The van der Waals surface area contributed by atoms with Crippen molar-refractivity contribution < 1.29 is 5.11 Å². The highest BCUT2D eigenvalue weighted by molar-refractivity contribution is 5.85. The number of benzene rings is 1. The number of rotatable bonds is 6. The molecule has 0 aliphatic carbocycles. The van der Waals surface area contributed by atoms with Gasteiger partial charge in [-0.3, -0.25) is 4.68 Å². The van der Waals surface area contributed by atoms with Gasteiger partial charge in [-0.15, -0.1) is 24.8 Å². The average Bonchev–Trinajstić information content (AvgIpc) is 3.10. The standard InChI is InChI=1S/C16H22N4O.2ClH/c21-16(6-7-17-12-16)13-18-8-15-9-19-20(11-15)10-14-4-2-1-3-5-14;;/h1-5,9,11,17-18,21H,6-8,10,12-13H2;2*1H. The molecule has 0 radical (unpaired) electrons. The Labute approximate surface area is 149 Å². The first-order valence-corrected chi connectivity index (χ1v) is 7.43. The maximum atomic E-state index is 10.2. The van der Waals surface area contributed by atoms with E-state index in [9.17, 15) is 5.11 Å². The second kappa shape index (κ2) is 9.25. The smallest absolute Gasteiger partial charge is 0.0907 e. The zero-order chi connectivity index (χ0) is 14.5. The van der Waals surface area contributed by atoms with Crippen LogP contribution >= 0.6 is 24.8 Å². The fourth-order valence-corrected chi connectivity index (χ4v) is 2.68. The molecule has 0 amide bonds. The first kappa shape index (κ1) is 19.9. The average molecular weight is 359 g/mol. The van der Waals surface area contributed by atoms with E-state index in [-0.39, 0.29) is 24.8 Å². The van der Waals surface area contributed by atoms with E-state index in [0.29, 0.717) is 13.1 Å². The van der Waals surface area contributed by atoms with Crippen LogP contribution in [0.3, 0.4) is 0 Å². The summed E-state index contributed by atoms with van der Waals surface area (Å²) in [6.45, 7) is 3.70. The zero-order valence-corrected chi connectivity index (χ0v) is 14.6. The molecule has 2 heterocycles. The van der Waals surface area contributed by atoms with Gasteiger partial charge < -0.3 is 15.7 Å². The van der Waals surface area contributed by atoms with Crippen LogP contribution in [-0.4, -0.2) is 40.1 Å². The van der Waals surface area contributed by atoms with Crippen LogP contribution in [0.5, 0.6) is 0 Å². The number of hydrogen-bond donors (Lipinski definition) is 3. The summed E-state index contributed by atoms with van der Waals surface area (Å²) in [5, 5.41) is 21.1. The Balaban J connectivity index is 0.00000132. The van der Waals surface area contributed by atoms with E-state index >= 15 is 0 Å². The fourth-order valence-electron chi connectivity index (χ4n) is 2.68. The van der Waals surface area contributed by atoms with Crippen LogP contribution in [0.2, 0.25) is 0 Å². The van der Waals surface area contributed by atoms with Crippen LogP contribution in [-0.2, 0) is 13.1 Å². The normalized spacial score (nSPS) is 19.9. The molecule has 1 unspecified atom stereocenters. The topological polar surface area (TPSA) is 62.1 Å². The molecule has 3 N–H and O–H groups in total. The van der Waals surface area contributed by atoms with Gasteiger partial charge in [0.15, 0.2) is 0 Å². The Morgan fingerprint density at radius 3 is 2.70 bits per heavy atom. The summed E-state index contributed by atoms with van der Waals surface area (Å²) >= 11 is 0. The van der Waals surface area contributed by atoms with Crippen molar-refractivity contribution in [3.8, 4) is 0 Å². The predicted molar refractivity (Wildman–Crippen MR) is 96.4 cm³/mol. The highest BCUT2D eigenvalue weighted by atomic mass is 35.5. The van der Waals surface area contributed by atoms with Crippen LogP contribution in [0.1, 0.15) is 17.5 Å². The fraction of sp³-hybridized carbons (Fsp3) is 0.438. The lowest BCUT2D eigenvalue weighted by atomic mass is 10.0. The lowest BCUT2D eigenvalue weighted by Crippen LogP contribution is -2.42. The van der Waals surface area contributed by atoms with Crippen molar-refractivity contribution in [2.45, 2.75) is 25.1 Å². The summed E-state index contributed by atoms with van der Waals surface area (Å²) in [7, 11) is 0. The number of aromatic nitrogens is 2. The van der Waals surface area contributed by atoms with Crippen LogP contribution in [0.15, 0.2) is 42.7 Å². The van der Waals surface area contributed by atoms with E-state index in [1.54, 1.807) is 0 Å². The van der Waals surface area contributed by atoms with Gasteiger partial charge in [0.1, 0.15) is 0 Å². The highest BCUT2D eigenvalue weighted by Gasteiger charge is 2.30. The van der Waals surface area contributed by atoms with Crippen molar-refractivity contribution in [2.24, 2.45) is 0 Å². The minimum absolute atomic E-state index is 0. The molecule has 23 heavy (non-hydrogen) atoms. The zero-order valence-electron chi connectivity index (χ0n) is 12.9. The van der Waals surface area contributed by atoms with Gasteiger partial charge in [0.25, 0.3) is 0 Å². The number of hydrogen-bond acceptors (Lipinski definition) is 4. The minimum atomic E-state index is -0.597. The monoisotopic (exact) mass is 358 g/mol. The molecule has 1 saturated heterocycles. The Bertz CT molecular complexity index is 570. The molecular weight excluding hydrogens is 335 g/mol. The third-order valence-corrected chi connectivity index (χ3v) is 3.88. The number of nitrogens with zero attached hydrogens (tertiary/aromatic N) is 2. The molecule has 2 aromatic rings. The number of aliphatic hydroxyl groups is 1. The summed E-state index contributed by atoms with van der Waals surface area (Å²) in [6.07, 6.45) is 4.75. The van der Waals surface area contributed by atoms with Gasteiger partial charge in [-0.05, 0) is 18.5 Å². The summed E-state index contributed by atoms with van der Waals surface area (Å²) in [5.41, 5.74) is 1.78. The molecule has 1 aromatic heterocycles. The van der Waals surface area contributed by atoms with Gasteiger partial charge >= 0.3 is 0 Å². The number of halogens is 2. The van der Waals surface area contributed by atoms with E-state index < -0.39 is 5.60 Å². The lowest BCUT2D eigenvalue weighted by Gasteiger charge is -2.21. The predicted octanol–water partition coefficient (Wildman–Crippen LogP) is 1.59. The molecule has 0 bridgehead atoms. The van der Waals surface area contributed by atoms with E-state index in [1.165, 1.54) is 5.56 Å². The third kappa shape index (κ3) is 5.79. The van der Waals surface area contributed by atoms with Gasteiger partial charge in [0.05, 0.1) is 18.3 Å². The number of nitrogens with one attached hydrogen (secondary N) is 2. The molecule has 0 saturated carbocycles. The van der Waals surface area contributed by atoms with Gasteiger partial charge in [0.2, 0.25) is 0 Å². The van der Waals surface area contributed by atoms with E-state index in [0.717, 1.165) is 31.6 Å². The van der Waals surface area contributed by atoms with Gasteiger partial charge in [-0.1, -0.05) is 30.3 Å². The van der Waals surface area contributed by atoms with Crippen molar-refractivity contribution in [2.75, 3.05) is 19.6 Å². The molecule has 1 fully saturated rings. The second-order valence-electron chi connectivity index (χ2n) is 5.79. The Morgan fingerprint density at radius 2 is 2.00 bits per heavy atom. The molecule has 0 spiro atoms. The number of β-amino-alcohol motifs (C(OH)–C–C–N with tert-alkyl or cyclic N) is 1. The van der Waals surface area contributed by atoms with Crippen LogP contribution in [0.25, 0.3) is 0 Å². The van der Waals surface area contributed by atoms with Gasteiger partial charge in [-0.25, -0.2) is 0 Å². The first-order valence-electron chi connectivity index (χ1n) is 7.43. The molecule has 1 aromatic carbocycles. The highest BCUT2D eigenvalue weighted by Crippen LogP contribution is 2.12. The maximum Gasteiger partial charge on any atom is 0.0907 e. The quantitative estimate of drug-likeness (QED) is 0.733. The van der Waals surface area contributed by atoms with Crippen molar-refractivity contribution in [1.82, 2.24) is 20.4 Å². The van der Waals surface area contributed by atoms with Gasteiger partial charge in [0, 0.05) is 31.4 Å². The molecular formula is C16H24Cl2N4O. The Hall–Kier alpha value is -1.11. The summed E-state index contributed by atoms with van der Waals surface area (Å²) in [5.74, 6) is 0. The Morgan fingerprint density at radius 1 is 1.22 bits per heavy atom. The lowest BCUT2D eigenvalue weighted by molar-refractivity contribution is 0.0609.